The lowest BCUT2D eigenvalue weighted by molar-refractivity contribution is 0.281. The SMILES string of the molecule is CN(C)Cc1ccccc1Oc1ccccc1C(O)I. The maximum atomic E-state index is 9.80. The van der Waals surface area contributed by atoms with Crippen LogP contribution >= 0.6 is 22.6 Å². The van der Waals surface area contributed by atoms with Crippen molar-refractivity contribution in [2.45, 2.75) is 10.7 Å². The molecule has 0 saturated heterocycles. The number of halogens is 1. The van der Waals surface area contributed by atoms with Gasteiger partial charge in [-0.25, -0.2) is 0 Å². The van der Waals surface area contributed by atoms with Gasteiger partial charge < -0.3 is 14.7 Å². The molecule has 0 amide bonds. The van der Waals surface area contributed by atoms with Crippen LogP contribution in [0.2, 0.25) is 0 Å². The fourth-order valence-corrected chi connectivity index (χ4v) is 2.48. The molecular formula is C16H18INO2. The first-order chi connectivity index (χ1) is 9.58. The van der Waals surface area contributed by atoms with Gasteiger partial charge in [0.15, 0.2) is 0 Å². The molecule has 0 saturated carbocycles. The van der Waals surface area contributed by atoms with E-state index in [1.165, 1.54) is 0 Å². The van der Waals surface area contributed by atoms with Crippen LogP contribution in [-0.4, -0.2) is 24.1 Å². The van der Waals surface area contributed by atoms with Crippen LogP contribution in [0.1, 0.15) is 15.2 Å². The summed E-state index contributed by atoms with van der Waals surface area (Å²) in [6.45, 7) is 0.811. The molecule has 106 valence electrons. The van der Waals surface area contributed by atoms with Crippen LogP contribution in [-0.2, 0) is 6.54 Å². The molecule has 2 aromatic rings. The standard InChI is InChI=1S/C16H18INO2/c1-18(2)11-12-7-3-5-9-14(12)20-15-10-6-4-8-13(15)16(17)19/h3-10,16,19H,11H2,1-2H3. The zero-order valence-electron chi connectivity index (χ0n) is 11.6. The summed E-state index contributed by atoms with van der Waals surface area (Å²) in [5.41, 5.74) is 1.91. The predicted octanol–water partition coefficient (Wildman–Crippen LogP) is 3.97. The Bertz CT molecular complexity index is 570. The largest absolute Gasteiger partial charge is 0.457 e. The van der Waals surface area contributed by atoms with Crippen molar-refractivity contribution in [2.75, 3.05) is 14.1 Å². The van der Waals surface area contributed by atoms with Crippen molar-refractivity contribution in [3.63, 3.8) is 0 Å². The number of hydrogen-bond donors (Lipinski definition) is 1. The van der Waals surface area contributed by atoms with E-state index >= 15 is 0 Å². The average Bonchev–Trinajstić information content (AvgIpc) is 2.41. The molecule has 0 bridgehead atoms. The van der Waals surface area contributed by atoms with Crippen LogP contribution in [0.4, 0.5) is 0 Å². The van der Waals surface area contributed by atoms with Gasteiger partial charge in [-0.1, -0.05) is 36.4 Å². The van der Waals surface area contributed by atoms with Gasteiger partial charge in [0.25, 0.3) is 0 Å². The maximum absolute atomic E-state index is 9.80. The van der Waals surface area contributed by atoms with E-state index in [1.54, 1.807) is 0 Å². The third-order valence-corrected chi connectivity index (χ3v) is 3.53. The number of nitrogens with zero attached hydrogens (tertiary/aromatic N) is 1. The van der Waals surface area contributed by atoms with E-state index in [-0.39, 0.29) is 0 Å². The molecule has 20 heavy (non-hydrogen) atoms. The van der Waals surface area contributed by atoms with Gasteiger partial charge in [0.2, 0.25) is 0 Å². The minimum atomic E-state index is -0.579. The van der Waals surface area contributed by atoms with Gasteiger partial charge in [-0.3, -0.25) is 0 Å². The Labute approximate surface area is 133 Å². The lowest BCUT2D eigenvalue weighted by Gasteiger charge is -2.17. The summed E-state index contributed by atoms with van der Waals surface area (Å²) in [5.74, 6) is 1.52. The minimum absolute atomic E-state index is 0.579. The molecule has 1 atom stereocenters. The monoisotopic (exact) mass is 383 g/mol. The molecule has 0 aliphatic carbocycles. The summed E-state index contributed by atoms with van der Waals surface area (Å²) in [6.07, 6.45) is 0. The van der Waals surface area contributed by atoms with E-state index in [9.17, 15) is 5.11 Å². The quantitative estimate of drug-likeness (QED) is 0.627. The van der Waals surface area contributed by atoms with E-state index in [0.29, 0.717) is 5.75 Å². The van der Waals surface area contributed by atoms with Crippen LogP contribution in [0.5, 0.6) is 11.5 Å². The fourth-order valence-electron chi connectivity index (χ4n) is 1.96. The van der Waals surface area contributed by atoms with Gasteiger partial charge in [-0.2, -0.15) is 0 Å². The molecule has 0 spiro atoms. The topological polar surface area (TPSA) is 32.7 Å². The molecule has 1 unspecified atom stereocenters. The molecule has 3 nitrogen and oxygen atoms in total. The molecule has 2 aromatic carbocycles. The molecular weight excluding hydrogens is 365 g/mol. The zero-order chi connectivity index (χ0) is 14.5. The maximum Gasteiger partial charge on any atom is 0.134 e. The first-order valence-electron chi connectivity index (χ1n) is 6.39. The number of benzene rings is 2. The number of para-hydroxylation sites is 2. The number of aliphatic hydroxyl groups is 1. The molecule has 0 fully saturated rings. The Kier molecular flexibility index (Phi) is 5.39. The lowest BCUT2D eigenvalue weighted by atomic mass is 10.2. The molecule has 1 N–H and O–H groups in total. The number of rotatable bonds is 5. The third kappa shape index (κ3) is 3.94. The first-order valence-corrected chi connectivity index (χ1v) is 7.64. The van der Waals surface area contributed by atoms with E-state index in [0.717, 1.165) is 23.4 Å². The molecule has 4 heteroatoms. The molecule has 0 heterocycles. The van der Waals surface area contributed by atoms with Gasteiger partial charge >= 0.3 is 0 Å². The number of ether oxygens (including phenoxy) is 1. The fraction of sp³-hybridized carbons (Fsp3) is 0.250. The predicted molar refractivity (Wildman–Crippen MR) is 89.3 cm³/mol. The normalized spacial score (nSPS) is 12.4. The Morgan fingerprint density at radius 2 is 1.65 bits per heavy atom. The van der Waals surface area contributed by atoms with E-state index < -0.39 is 4.11 Å². The van der Waals surface area contributed by atoms with E-state index in [2.05, 4.69) is 11.0 Å². The Balaban J connectivity index is 2.31. The van der Waals surface area contributed by atoms with Crippen molar-refractivity contribution in [1.29, 1.82) is 0 Å². The molecule has 2 rings (SSSR count). The number of alkyl halides is 1. The Morgan fingerprint density at radius 3 is 2.30 bits per heavy atom. The second kappa shape index (κ2) is 7.06. The van der Waals surface area contributed by atoms with Crippen molar-refractivity contribution in [3.05, 3.63) is 59.7 Å². The summed E-state index contributed by atoms with van der Waals surface area (Å²) in [5, 5.41) is 9.80. The van der Waals surface area contributed by atoms with E-state index in [1.807, 2.05) is 79.2 Å². The van der Waals surface area contributed by atoms with Gasteiger partial charge in [0.1, 0.15) is 15.6 Å². The van der Waals surface area contributed by atoms with Crippen molar-refractivity contribution < 1.29 is 9.84 Å². The average molecular weight is 383 g/mol. The van der Waals surface area contributed by atoms with Crippen LogP contribution in [0, 0.1) is 0 Å². The van der Waals surface area contributed by atoms with Gasteiger partial charge in [-0.05, 0) is 48.8 Å². The Hall–Kier alpha value is -1.11. The van der Waals surface area contributed by atoms with E-state index in [4.69, 9.17) is 4.74 Å². The molecule has 0 aliphatic rings. The molecule has 0 aromatic heterocycles. The summed E-state index contributed by atoms with van der Waals surface area (Å²) >= 11 is 1.97. The van der Waals surface area contributed by atoms with Crippen LogP contribution in [0.15, 0.2) is 48.5 Å². The van der Waals surface area contributed by atoms with Gasteiger partial charge in [0.05, 0.1) is 0 Å². The minimum Gasteiger partial charge on any atom is -0.457 e. The van der Waals surface area contributed by atoms with Crippen molar-refractivity contribution in [1.82, 2.24) is 4.90 Å². The second-order valence-corrected chi connectivity index (χ2v) is 6.00. The number of hydrogen-bond acceptors (Lipinski definition) is 3. The summed E-state index contributed by atoms with van der Waals surface area (Å²) in [7, 11) is 4.05. The highest BCUT2D eigenvalue weighted by molar-refractivity contribution is 14.1. The second-order valence-electron chi connectivity index (χ2n) is 4.82. The summed E-state index contributed by atoms with van der Waals surface area (Å²) in [6, 6.07) is 15.5. The van der Waals surface area contributed by atoms with Gasteiger partial charge in [0, 0.05) is 17.7 Å². The first kappa shape index (κ1) is 15.3. The van der Waals surface area contributed by atoms with Crippen molar-refractivity contribution in [3.8, 4) is 11.5 Å². The zero-order valence-corrected chi connectivity index (χ0v) is 13.7. The highest BCUT2D eigenvalue weighted by atomic mass is 127. The van der Waals surface area contributed by atoms with Crippen molar-refractivity contribution in [2.24, 2.45) is 0 Å². The highest BCUT2D eigenvalue weighted by Crippen LogP contribution is 2.33. The van der Waals surface area contributed by atoms with Crippen LogP contribution in [0.25, 0.3) is 0 Å². The molecule has 0 aliphatic heterocycles. The highest BCUT2D eigenvalue weighted by Gasteiger charge is 2.12. The van der Waals surface area contributed by atoms with Gasteiger partial charge in [-0.15, -0.1) is 0 Å². The third-order valence-electron chi connectivity index (χ3n) is 2.85. The Morgan fingerprint density at radius 1 is 1.05 bits per heavy atom. The van der Waals surface area contributed by atoms with Crippen LogP contribution in [0.3, 0.4) is 0 Å². The summed E-state index contributed by atoms with van der Waals surface area (Å²) in [4.78, 5) is 2.10. The van der Waals surface area contributed by atoms with Crippen LogP contribution < -0.4 is 4.74 Å². The summed E-state index contributed by atoms with van der Waals surface area (Å²) < 4.78 is 5.43. The number of aliphatic hydroxyl groups excluding tert-OH is 1. The van der Waals surface area contributed by atoms with Crippen molar-refractivity contribution >= 4 is 22.6 Å². The smallest absolute Gasteiger partial charge is 0.134 e. The lowest BCUT2D eigenvalue weighted by Crippen LogP contribution is -2.11. The molecule has 0 radical (unpaired) electrons.